The van der Waals surface area contributed by atoms with Gasteiger partial charge in [-0.2, -0.15) is 0 Å². The Morgan fingerprint density at radius 2 is 1.89 bits per heavy atom. The van der Waals surface area contributed by atoms with Gasteiger partial charge in [-0.15, -0.1) is 0 Å². The Labute approximate surface area is 115 Å². The first-order chi connectivity index (χ1) is 8.86. The predicted octanol–water partition coefficient (Wildman–Crippen LogP) is 3.16. The Hall–Kier alpha value is -0.940. The number of rotatable bonds is 6. The number of ether oxygens (including phenoxy) is 1. The van der Waals surface area contributed by atoms with E-state index in [0.29, 0.717) is 0 Å². The summed E-state index contributed by atoms with van der Waals surface area (Å²) in [6, 6.07) is 2.10. The number of carbonyl (C=O) groups excluding carboxylic acids is 1. The van der Waals surface area contributed by atoms with Crippen LogP contribution in [0.5, 0.6) is 5.75 Å². The summed E-state index contributed by atoms with van der Waals surface area (Å²) >= 11 is 5.78. The molecule has 0 fully saturated rings. The molecule has 1 rings (SSSR count). The number of halogens is 2. The Morgan fingerprint density at radius 3 is 2.37 bits per heavy atom. The topological polar surface area (TPSA) is 61.8 Å². The van der Waals surface area contributed by atoms with Gasteiger partial charge in [0.15, 0.2) is 17.3 Å². The van der Waals surface area contributed by atoms with Crippen LogP contribution in [0.4, 0.5) is 4.39 Å². The molecular weight excluding hydrogens is 298 g/mol. The van der Waals surface area contributed by atoms with Gasteiger partial charge in [0.2, 0.25) is 0 Å². The Morgan fingerprint density at radius 1 is 1.32 bits per heavy atom. The van der Waals surface area contributed by atoms with Crippen molar-refractivity contribution in [1.29, 1.82) is 0 Å². The highest BCUT2D eigenvalue weighted by Crippen LogP contribution is 2.47. The minimum Gasteiger partial charge on any atom is -0.494 e. The summed E-state index contributed by atoms with van der Waals surface area (Å²) in [5, 5.41) is -0.0953. The van der Waals surface area contributed by atoms with Crippen molar-refractivity contribution in [2.45, 2.75) is 0 Å². The zero-order chi connectivity index (χ0) is 14.6. The molecule has 0 atom stereocenters. The fraction of sp³-hybridized carbons (Fsp3) is 0.364. The number of hydrogen-bond acceptors (Lipinski definition) is 5. The van der Waals surface area contributed by atoms with Crippen molar-refractivity contribution in [2.75, 3.05) is 27.5 Å². The summed E-state index contributed by atoms with van der Waals surface area (Å²) in [5.41, 5.74) is -0.00533. The third kappa shape index (κ3) is 3.76. The van der Waals surface area contributed by atoms with E-state index in [1.54, 1.807) is 0 Å². The lowest BCUT2D eigenvalue weighted by Gasteiger charge is -2.13. The van der Waals surface area contributed by atoms with Crippen molar-refractivity contribution in [1.82, 2.24) is 0 Å². The summed E-state index contributed by atoms with van der Waals surface area (Å²) in [7, 11) is 0.101. The van der Waals surface area contributed by atoms with Gasteiger partial charge in [-0.25, -0.2) is 4.39 Å². The van der Waals surface area contributed by atoms with Gasteiger partial charge in [0, 0.05) is 19.8 Å². The number of Topliss-reactive ketones (excluding diaryl/α,β-unsaturated/α-hetero) is 1. The van der Waals surface area contributed by atoms with Crippen LogP contribution in [0, 0.1) is 5.82 Å². The second-order valence-electron chi connectivity index (χ2n) is 3.52. The maximum Gasteiger partial charge on any atom is 0.337 e. The lowest BCUT2D eigenvalue weighted by molar-refractivity contribution is 0.101. The highest BCUT2D eigenvalue weighted by Gasteiger charge is 2.28. The fourth-order valence-corrected chi connectivity index (χ4v) is 2.55. The van der Waals surface area contributed by atoms with Crippen molar-refractivity contribution < 1.29 is 27.5 Å². The molecule has 0 saturated heterocycles. The molecule has 8 heteroatoms. The summed E-state index contributed by atoms with van der Waals surface area (Å²) in [6.45, 7) is 0. The molecule has 0 unspecified atom stereocenters. The molecule has 0 aliphatic carbocycles. The van der Waals surface area contributed by atoms with Gasteiger partial charge in [-0.05, 0) is 12.1 Å². The quantitative estimate of drug-likeness (QED) is 0.596. The third-order valence-electron chi connectivity index (χ3n) is 2.44. The molecule has 0 heterocycles. The van der Waals surface area contributed by atoms with E-state index in [4.69, 9.17) is 16.3 Å². The molecule has 5 nitrogen and oxygen atoms in total. The van der Waals surface area contributed by atoms with E-state index in [1.165, 1.54) is 21.3 Å². The monoisotopic (exact) mass is 310 g/mol. The van der Waals surface area contributed by atoms with Crippen LogP contribution in [0.25, 0.3) is 0 Å². The van der Waals surface area contributed by atoms with Crippen molar-refractivity contribution in [2.24, 2.45) is 0 Å². The van der Waals surface area contributed by atoms with Gasteiger partial charge in [0.25, 0.3) is 0 Å². The molecule has 0 N–H and O–H groups in total. The van der Waals surface area contributed by atoms with Crippen molar-refractivity contribution in [3.05, 3.63) is 28.5 Å². The van der Waals surface area contributed by atoms with E-state index >= 15 is 0 Å². The second-order valence-corrected chi connectivity index (χ2v) is 6.20. The molecule has 1 aromatic rings. The van der Waals surface area contributed by atoms with Gasteiger partial charge < -0.3 is 13.8 Å². The number of ketones is 1. The van der Waals surface area contributed by atoms with Crippen LogP contribution in [0.15, 0.2) is 12.1 Å². The highest BCUT2D eigenvalue weighted by molar-refractivity contribution is 7.54. The van der Waals surface area contributed by atoms with Crippen molar-refractivity contribution in [3.8, 4) is 5.75 Å². The van der Waals surface area contributed by atoms with Gasteiger partial charge in [0.1, 0.15) is 6.16 Å². The summed E-state index contributed by atoms with van der Waals surface area (Å²) in [6.07, 6.45) is -0.492. The molecule has 106 valence electrons. The van der Waals surface area contributed by atoms with Crippen LogP contribution in [0.3, 0.4) is 0 Å². The molecule has 0 amide bonds. The Bertz CT molecular complexity index is 526. The molecule has 0 aromatic heterocycles. The molecule has 0 radical (unpaired) electrons. The van der Waals surface area contributed by atoms with Crippen LogP contribution < -0.4 is 4.74 Å². The third-order valence-corrected chi connectivity index (χ3v) is 4.54. The second kappa shape index (κ2) is 6.48. The first-order valence-electron chi connectivity index (χ1n) is 5.13. The molecule has 0 aliphatic rings. The summed E-state index contributed by atoms with van der Waals surface area (Å²) in [4.78, 5) is 12.0. The Kier molecular flexibility index (Phi) is 5.50. The maximum absolute atomic E-state index is 13.3. The minimum atomic E-state index is -3.50. The molecule has 19 heavy (non-hydrogen) atoms. The van der Waals surface area contributed by atoms with Crippen molar-refractivity contribution >= 4 is 25.0 Å². The number of methoxy groups -OCH3 is 1. The zero-order valence-corrected chi connectivity index (χ0v) is 12.3. The smallest absolute Gasteiger partial charge is 0.337 e. The maximum atomic E-state index is 13.3. The molecule has 0 bridgehead atoms. The van der Waals surface area contributed by atoms with Crippen LogP contribution in [0.2, 0.25) is 5.02 Å². The van der Waals surface area contributed by atoms with Crippen LogP contribution in [-0.4, -0.2) is 33.3 Å². The largest absolute Gasteiger partial charge is 0.494 e. The average molecular weight is 311 g/mol. The van der Waals surface area contributed by atoms with E-state index in [2.05, 4.69) is 9.05 Å². The number of carbonyl (C=O) groups is 1. The Balaban J connectivity index is 3.10. The lowest BCUT2D eigenvalue weighted by Crippen LogP contribution is -2.09. The standard InChI is InChI=1S/C11H13ClFO5P/c1-16-11-4-7(8(12)5-9(11)13)10(14)6-19(15,17-2)18-3/h4-5H,6H2,1-3H3. The number of hydrogen-bond donors (Lipinski definition) is 0. The molecule has 0 spiro atoms. The predicted molar refractivity (Wildman–Crippen MR) is 68.8 cm³/mol. The van der Waals surface area contributed by atoms with E-state index in [1.807, 2.05) is 0 Å². The normalized spacial score (nSPS) is 11.4. The van der Waals surface area contributed by atoms with Gasteiger partial charge >= 0.3 is 7.60 Å². The van der Waals surface area contributed by atoms with Crippen LogP contribution in [-0.2, 0) is 13.6 Å². The first kappa shape index (κ1) is 16.1. The summed E-state index contributed by atoms with van der Waals surface area (Å²) < 4.78 is 39.3. The molecule has 0 saturated carbocycles. The first-order valence-corrected chi connectivity index (χ1v) is 7.24. The van der Waals surface area contributed by atoms with Crippen LogP contribution >= 0.6 is 19.2 Å². The molecular formula is C11H13ClFO5P. The van der Waals surface area contributed by atoms with Crippen molar-refractivity contribution in [3.63, 3.8) is 0 Å². The minimum absolute atomic E-state index is 0.00533. The number of benzene rings is 1. The summed E-state index contributed by atoms with van der Waals surface area (Å²) in [5.74, 6) is -1.40. The fourth-order valence-electron chi connectivity index (χ4n) is 1.36. The van der Waals surface area contributed by atoms with E-state index in [-0.39, 0.29) is 16.3 Å². The highest BCUT2D eigenvalue weighted by atomic mass is 35.5. The van der Waals surface area contributed by atoms with E-state index in [0.717, 1.165) is 12.1 Å². The van der Waals surface area contributed by atoms with Gasteiger partial charge in [-0.1, -0.05) is 11.6 Å². The van der Waals surface area contributed by atoms with Gasteiger partial charge in [0.05, 0.1) is 12.1 Å². The van der Waals surface area contributed by atoms with Gasteiger partial charge in [-0.3, -0.25) is 9.36 Å². The zero-order valence-electron chi connectivity index (χ0n) is 10.6. The average Bonchev–Trinajstić information content (AvgIpc) is 2.38. The molecule has 0 aliphatic heterocycles. The lowest BCUT2D eigenvalue weighted by atomic mass is 10.1. The van der Waals surface area contributed by atoms with E-state index < -0.39 is 25.4 Å². The van der Waals surface area contributed by atoms with Crippen LogP contribution in [0.1, 0.15) is 10.4 Å². The van der Waals surface area contributed by atoms with E-state index in [9.17, 15) is 13.8 Å². The molecule has 1 aromatic carbocycles. The SMILES string of the molecule is COc1cc(C(=O)CP(=O)(OC)OC)c(Cl)cc1F.